The van der Waals surface area contributed by atoms with Gasteiger partial charge in [0.25, 0.3) is 0 Å². The lowest BCUT2D eigenvalue weighted by Gasteiger charge is -2.36. The molecule has 100 valence electrons. The highest BCUT2D eigenvalue weighted by Gasteiger charge is 2.31. The maximum Gasteiger partial charge on any atom is 0.140 e. The Labute approximate surface area is 103 Å². The van der Waals surface area contributed by atoms with E-state index in [1.807, 2.05) is 0 Å². The number of aliphatic hydroxyl groups is 1. The van der Waals surface area contributed by atoms with E-state index in [-0.39, 0.29) is 5.84 Å². The fraction of sp³-hybridized carbons (Fsp3) is 0.917. The van der Waals surface area contributed by atoms with Crippen LogP contribution in [-0.2, 0) is 0 Å². The van der Waals surface area contributed by atoms with Crippen molar-refractivity contribution < 1.29 is 10.3 Å². The van der Waals surface area contributed by atoms with Crippen LogP contribution in [0.1, 0.15) is 45.4 Å². The molecule has 5 nitrogen and oxygen atoms in total. The van der Waals surface area contributed by atoms with Gasteiger partial charge < -0.3 is 21.4 Å². The third-order valence-corrected chi connectivity index (χ3v) is 3.75. The summed E-state index contributed by atoms with van der Waals surface area (Å²) in [6.45, 7) is 3.45. The van der Waals surface area contributed by atoms with Gasteiger partial charge in [0.15, 0.2) is 0 Å². The Morgan fingerprint density at radius 1 is 1.47 bits per heavy atom. The Balaban J connectivity index is 2.18. The molecular formula is C12H25N3O2. The van der Waals surface area contributed by atoms with E-state index in [2.05, 4.69) is 17.4 Å². The first-order chi connectivity index (χ1) is 8.09. The molecule has 0 unspecified atom stereocenters. The van der Waals surface area contributed by atoms with Crippen LogP contribution in [0.2, 0.25) is 0 Å². The van der Waals surface area contributed by atoms with Gasteiger partial charge in [-0.25, -0.2) is 0 Å². The predicted octanol–water partition coefficient (Wildman–Crippen LogP) is 1.04. The smallest absolute Gasteiger partial charge is 0.140 e. The molecule has 1 saturated carbocycles. The van der Waals surface area contributed by atoms with E-state index in [9.17, 15) is 5.11 Å². The molecule has 0 amide bonds. The van der Waals surface area contributed by atoms with Gasteiger partial charge in [-0.15, -0.1) is 0 Å². The molecular weight excluding hydrogens is 218 g/mol. The molecule has 0 spiro atoms. The van der Waals surface area contributed by atoms with Crippen LogP contribution in [0.3, 0.4) is 0 Å². The van der Waals surface area contributed by atoms with Crippen molar-refractivity contribution in [2.24, 2.45) is 16.8 Å². The van der Waals surface area contributed by atoms with Gasteiger partial charge in [-0.2, -0.15) is 0 Å². The summed E-state index contributed by atoms with van der Waals surface area (Å²) in [4.78, 5) is 0. The fourth-order valence-corrected chi connectivity index (χ4v) is 2.39. The van der Waals surface area contributed by atoms with Crippen molar-refractivity contribution in [2.45, 2.75) is 51.0 Å². The third kappa shape index (κ3) is 4.91. The standard InChI is InChI=1S/C12H25N3O2/c1-2-10-3-6-12(16,7-4-10)9-14-8-5-11(13)15-17/h10,14,16-17H,2-9H2,1H3,(H2,13,15). The minimum absolute atomic E-state index is 0.221. The third-order valence-electron chi connectivity index (χ3n) is 3.75. The van der Waals surface area contributed by atoms with Crippen LogP contribution in [0.4, 0.5) is 0 Å². The molecule has 0 aromatic rings. The monoisotopic (exact) mass is 243 g/mol. The van der Waals surface area contributed by atoms with Gasteiger partial charge in [0.05, 0.1) is 5.60 Å². The van der Waals surface area contributed by atoms with Crippen LogP contribution in [0.5, 0.6) is 0 Å². The van der Waals surface area contributed by atoms with Crippen LogP contribution in [0, 0.1) is 5.92 Å². The van der Waals surface area contributed by atoms with Crippen LogP contribution in [-0.4, -0.2) is 34.8 Å². The summed E-state index contributed by atoms with van der Waals surface area (Å²) in [7, 11) is 0. The van der Waals surface area contributed by atoms with E-state index < -0.39 is 5.60 Å². The molecule has 0 aromatic carbocycles. The van der Waals surface area contributed by atoms with E-state index in [0.717, 1.165) is 31.6 Å². The number of nitrogens with two attached hydrogens (primary N) is 1. The minimum atomic E-state index is -0.559. The van der Waals surface area contributed by atoms with Crippen molar-refractivity contribution >= 4 is 5.84 Å². The first-order valence-corrected chi connectivity index (χ1v) is 6.49. The number of amidine groups is 1. The molecule has 1 rings (SSSR count). The fourth-order valence-electron chi connectivity index (χ4n) is 2.39. The summed E-state index contributed by atoms with van der Waals surface area (Å²) in [6, 6.07) is 0. The second-order valence-electron chi connectivity index (χ2n) is 5.09. The van der Waals surface area contributed by atoms with Crippen molar-refractivity contribution in [3.8, 4) is 0 Å². The number of nitrogens with zero attached hydrogens (tertiary/aromatic N) is 1. The lowest BCUT2D eigenvalue weighted by atomic mass is 9.78. The van der Waals surface area contributed by atoms with Crippen LogP contribution in [0.15, 0.2) is 5.16 Å². The largest absolute Gasteiger partial charge is 0.409 e. The number of oxime groups is 1. The van der Waals surface area contributed by atoms with Gasteiger partial charge in [-0.3, -0.25) is 0 Å². The molecule has 0 bridgehead atoms. The lowest BCUT2D eigenvalue weighted by molar-refractivity contribution is -0.00828. The zero-order valence-corrected chi connectivity index (χ0v) is 10.7. The number of nitrogens with one attached hydrogen (secondary N) is 1. The molecule has 0 aromatic heterocycles. The topological polar surface area (TPSA) is 90.9 Å². The summed E-state index contributed by atoms with van der Waals surface area (Å²) in [5.41, 5.74) is 4.80. The minimum Gasteiger partial charge on any atom is -0.409 e. The van der Waals surface area contributed by atoms with Crippen molar-refractivity contribution in [3.63, 3.8) is 0 Å². The Bertz CT molecular complexity index is 248. The van der Waals surface area contributed by atoms with Gasteiger partial charge in [0.1, 0.15) is 5.84 Å². The number of hydrogen-bond acceptors (Lipinski definition) is 4. The molecule has 0 heterocycles. The number of hydrogen-bond donors (Lipinski definition) is 4. The maximum absolute atomic E-state index is 10.3. The molecule has 0 saturated heterocycles. The van der Waals surface area contributed by atoms with Gasteiger partial charge in [-0.1, -0.05) is 18.5 Å². The van der Waals surface area contributed by atoms with E-state index in [1.54, 1.807) is 0 Å². The van der Waals surface area contributed by atoms with Crippen LogP contribution in [0.25, 0.3) is 0 Å². The first-order valence-electron chi connectivity index (χ1n) is 6.49. The van der Waals surface area contributed by atoms with Crippen LogP contribution >= 0.6 is 0 Å². The Hall–Kier alpha value is -0.810. The SMILES string of the molecule is CCC1CCC(O)(CNCCC(N)=NO)CC1. The summed E-state index contributed by atoms with van der Waals surface area (Å²) < 4.78 is 0. The van der Waals surface area contributed by atoms with Crippen molar-refractivity contribution in [2.75, 3.05) is 13.1 Å². The zero-order chi connectivity index (χ0) is 12.7. The molecule has 1 aliphatic rings. The van der Waals surface area contributed by atoms with Gasteiger partial charge in [0, 0.05) is 19.5 Å². The molecule has 5 N–H and O–H groups in total. The molecule has 0 radical (unpaired) electrons. The summed E-state index contributed by atoms with van der Waals surface area (Å²) in [5, 5.41) is 24.8. The quantitative estimate of drug-likeness (QED) is 0.184. The Kier molecular flexibility index (Phi) is 5.71. The van der Waals surface area contributed by atoms with Gasteiger partial charge in [0.2, 0.25) is 0 Å². The average Bonchev–Trinajstić information content (AvgIpc) is 2.35. The molecule has 0 aliphatic heterocycles. The summed E-state index contributed by atoms with van der Waals surface area (Å²) >= 11 is 0. The average molecular weight is 243 g/mol. The van der Waals surface area contributed by atoms with E-state index in [4.69, 9.17) is 10.9 Å². The molecule has 5 heteroatoms. The maximum atomic E-state index is 10.3. The molecule has 17 heavy (non-hydrogen) atoms. The molecule has 0 atom stereocenters. The van der Waals surface area contributed by atoms with Gasteiger partial charge in [-0.05, 0) is 31.6 Å². The van der Waals surface area contributed by atoms with Crippen molar-refractivity contribution in [1.29, 1.82) is 0 Å². The Morgan fingerprint density at radius 3 is 2.65 bits per heavy atom. The highest BCUT2D eigenvalue weighted by Crippen LogP contribution is 2.33. The first kappa shape index (κ1) is 14.3. The van der Waals surface area contributed by atoms with Crippen LogP contribution < -0.4 is 11.1 Å². The molecule has 1 aliphatic carbocycles. The zero-order valence-electron chi connectivity index (χ0n) is 10.7. The highest BCUT2D eigenvalue weighted by atomic mass is 16.4. The Morgan fingerprint density at radius 2 is 2.12 bits per heavy atom. The normalized spacial score (nSPS) is 30.5. The predicted molar refractivity (Wildman–Crippen MR) is 68.1 cm³/mol. The summed E-state index contributed by atoms with van der Waals surface area (Å²) in [6.07, 6.45) is 5.71. The number of rotatable bonds is 6. The van der Waals surface area contributed by atoms with E-state index in [0.29, 0.717) is 19.5 Å². The van der Waals surface area contributed by atoms with E-state index in [1.165, 1.54) is 6.42 Å². The van der Waals surface area contributed by atoms with Gasteiger partial charge >= 0.3 is 0 Å². The highest BCUT2D eigenvalue weighted by molar-refractivity contribution is 5.79. The van der Waals surface area contributed by atoms with Crippen molar-refractivity contribution in [1.82, 2.24) is 5.32 Å². The van der Waals surface area contributed by atoms with Crippen molar-refractivity contribution in [3.05, 3.63) is 0 Å². The second-order valence-corrected chi connectivity index (χ2v) is 5.09. The molecule has 1 fully saturated rings. The lowest BCUT2D eigenvalue weighted by Crippen LogP contribution is -2.44. The van der Waals surface area contributed by atoms with E-state index >= 15 is 0 Å². The summed E-state index contributed by atoms with van der Waals surface area (Å²) in [5.74, 6) is 1.01. The second kappa shape index (κ2) is 6.81.